The van der Waals surface area contributed by atoms with E-state index in [1.54, 1.807) is 30.3 Å². The molecule has 2 aromatic carbocycles. The van der Waals surface area contributed by atoms with Gasteiger partial charge in [-0.15, -0.1) is 0 Å². The van der Waals surface area contributed by atoms with E-state index < -0.39 is 5.97 Å². The van der Waals surface area contributed by atoms with Gasteiger partial charge < -0.3 is 19.5 Å². The van der Waals surface area contributed by atoms with E-state index in [2.05, 4.69) is 5.32 Å². The van der Waals surface area contributed by atoms with Gasteiger partial charge in [0.2, 0.25) is 0 Å². The van der Waals surface area contributed by atoms with Crippen LogP contribution >= 0.6 is 0 Å². The molecule has 0 spiro atoms. The Labute approximate surface area is 164 Å². The van der Waals surface area contributed by atoms with Crippen LogP contribution in [0, 0.1) is 0 Å². The van der Waals surface area contributed by atoms with Crippen LogP contribution in [0.2, 0.25) is 0 Å². The second kappa shape index (κ2) is 9.26. The fraction of sp³-hybridized carbons (Fsp3) is 0.364. The van der Waals surface area contributed by atoms with Crippen molar-refractivity contribution in [2.75, 3.05) is 14.2 Å². The summed E-state index contributed by atoms with van der Waals surface area (Å²) in [7, 11) is 2.81. The Kier molecular flexibility index (Phi) is 6.53. The molecule has 0 atom stereocenters. The van der Waals surface area contributed by atoms with Gasteiger partial charge in [-0.1, -0.05) is 6.07 Å². The highest BCUT2D eigenvalue weighted by Gasteiger charge is 2.17. The SMILES string of the molecule is COC(=O)c1cc(CNC(=O)c2ccc(OC3CCCC3)cc2)ccc1OC. The molecule has 1 aliphatic rings. The van der Waals surface area contributed by atoms with Gasteiger partial charge in [-0.2, -0.15) is 0 Å². The van der Waals surface area contributed by atoms with E-state index in [0.717, 1.165) is 24.2 Å². The number of benzene rings is 2. The average Bonchev–Trinajstić information content (AvgIpc) is 3.24. The summed E-state index contributed by atoms with van der Waals surface area (Å²) in [5.74, 6) is 0.548. The third-order valence-corrected chi connectivity index (χ3v) is 4.84. The molecule has 0 radical (unpaired) electrons. The molecular weight excluding hydrogens is 358 g/mol. The molecule has 2 aromatic rings. The molecule has 0 bridgehead atoms. The van der Waals surface area contributed by atoms with Crippen molar-refractivity contribution in [2.24, 2.45) is 0 Å². The van der Waals surface area contributed by atoms with Crippen molar-refractivity contribution in [3.63, 3.8) is 0 Å². The monoisotopic (exact) mass is 383 g/mol. The number of amides is 1. The van der Waals surface area contributed by atoms with E-state index >= 15 is 0 Å². The molecule has 6 heteroatoms. The summed E-state index contributed by atoms with van der Waals surface area (Å²) in [6, 6.07) is 12.3. The maximum absolute atomic E-state index is 12.4. The van der Waals surface area contributed by atoms with E-state index in [4.69, 9.17) is 14.2 Å². The van der Waals surface area contributed by atoms with E-state index in [9.17, 15) is 9.59 Å². The van der Waals surface area contributed by atoms with Crippen LogP contribution in [0.4, 0.5) is 0 Å². The summed E-state index contributed by atoms with van der Waals surface area (Å²) in [6.45, 7) is 0.285. The first-order valence-corrected chi connectivity index (χ1v) is 9.41. The second-order valence-corrected chi connectivity index (χ2v) is 6.76. The third-order valence-electron chi connectivity index (χ3n) is 4.84. The zero-order valence-corrected chi connectivity index (χ0v) is 16.2. The molecule has 6 nitrogen and oxygen atoms in total. The minimum atomic E-state index is -0.483. The lowest BCUT2D eigenvalue weighted by Gasteiger charge is -2.13. The molecule has 3 rings (SSSR count). The van der Waals surface area contributed by atoms with Crippen molar-refractivity contribution in [1.82, 2.24) is 5.32 Å². The number of esters is 1. The van der Waals surface area contributed by atoms with Crippen LogP contribution in [0.5, 0.6) is 11.5 Å². The van der Waals surface area contributed by atoms with Crippen LogP contribution in [0.15, 0.2) is 42.5 Å². The fourth-order valence-electron chi connectivity index (χ4n) is 3.30. The highest BCUT2D eigenvalue weighted by molar-refractivity contribution is 5.94. The molecule has 0 heterocycles. The van der Waals surface area contributed by atoms with Crippen LogP contribution in [-0.4, -0.2) is 32.2 Å². The van der Waals surface area contributed by atoms with Gasteiger partial charge in [0.1, 0.15) is 17.1 Å². The van der Waals surface area contributed by atoms with Crippen molar-refractivity contribution < 1.29 is 23.8 Å². The molecule has 0 unspecified atom stereocenters. The van der Waals surface area contributed by atoms with Gasteiger partial charge in [0, 0.05) is 12.1 Å². The second-order valence-electron chi connectivity index (χ2n) is 6.76. The standard InChI is InChI=1S/C22H25NO5/c1-26-20-12-7-15(13-19(20)22(25)27-2)14-23-21(24)16-8-10-18(11-9-16)28-17-5-3-4-6-17/h7-13,17H,3-6,14H2,1-2H3,(H,23,24). The summed E-state index contributed by atoms with van der Waals surface area (Å²) in [5, 5.41) is 2.86. The number of hydrogen-bond acceptors (Lipinski definition) is 5. The number of nitrogens with one attached hydrogen (secondary N) is 1. The van der Waals surface area contributed by atoms with Gasteiger partial charge in [0.25, 0.3) is 5.91 Å². The number of rotatable bonds is 7. The smallest absolute Gasteiger partial charge is 0.341 e. The number of ether oxygens (including phenoxy) is 3. The van der Waals surface area contributed by atoms with E-state index in [1.165, 1.54) is 27.1 Å². The molecule has 1 fully saturated rings. The minimum absolute atomic E-state index is 0.192. The predicted molar refractivity (Wildman–Crippen MR) is 105 cm³/mol. The van der Waals surface area contributed by atoms with Gasteiger partial charge in [0.15, 0.2) is 0 Å². The van der Waals surface area contributed by atoms with Crippen molar-refractivity contribution in [2.45, 2.75) is 38.3 Å². The highest BCUT2D eigenvalue weighted by Crippen LogP contribution is 2.24. The normalized spacial score (nSPS) is 13.8. The predicted octanol–water partition coefficient (Wildman–Crippen LogP) is 3.73. The average molecular weight is 383 g/mol. The Balaban J connectivity index is 1.59. The van der Waals surface area contributed by atoms with Gasteiger partial charge in [0.05, 0.1) is 20.3 Å². The molecule has 0 saturated heterocycles. The Morgan fingerprint density at radius 2 is 1.75 bits per heavy atom. The third kappa shape index (κ3) is 4.82. The first kappa shape index (κ1) is 19.7. The van der Waals surface area contributed by atoms with E-state index in [1.807, 2.05) is 12.1 Å². The summed E-state index contributed by atoms with van der Waals surface area (Å²) in [4.78, 5) is 24.3. The Morgan fingerprint density at radius 3 is 2.39 bits per heavy atom. The summed E-state index contributed by atoms with van der Waals surface area (Å²) < 4.78 is 15.9. The molecular formula is C22H25NO5. The molecule has 28 heavy (non-hydrogen) atoms. The van der Waals surface area contributed by atoms with Crippen LogP contribution in [0.3, 0.4) is 0 Å². The van der Waals surface area contributed by atoms with E-state index in [0.29, 0.717) is 23.0 Å². The zero-order chi connectivity index (χ0) is 19.9. The highest BCUT2D eigenvalue weighted by atomic mass is 16.5. The van der Waals surface area contributed by atoms with Gasteiger partial charge in [-0.3, -0.25) is 4.79 Å². The Morgan fingerprint density at radius 1 is 1.04 bits per heavy atom. The lowest BCUT2D eigenvalue weighted by atomic mass is 10.1. The first-order valence-electron chi connectivity index (χ1n) is 9.41. The molecule has 1 saturated carbocycles. The number of methoxy groups -OCH3 is 2. The van der Waals surface area contributed by atoms with Gasteiger partial charge >= 0.3 is 5.97 Å². The maximum Gasteiger partial charge on any atom is 0.341 e. The van der Waals surface area contributed by atoms with Crippen LogP contribution in [-0.2, 0) is 11.3 Å². The van der Waals surface area contributed by atoms with Crippen molar-refractivity contribution in [3.05, 3.63) is 59.2 Å². The Hall–Kier alpha value is -3.02. The molecule has 0 aromatic heterocycles. The van der Waals surface area contributed by atoms with Crippen molar-refractivity contribution in [3.8, 4) is 11.5 Å². The van der Waals surface area contributed by atoms with Crippen LogP contribution in [0.25, 0.3) is 0 Å². The number of carbonyl (C=O) groups is 2. The number of hydrogen-bond donors (Lipinski definition) is 1. The summed E-state index contributed by atoms with van der Waals surface area (Å²) >= 11 is 0. The quantitative estimate of drug-likeness (QED) is 0.738. The van der Waals surface area contributed by atoms with Crippen LogP contribution in [0.1, 0.15) is 52.0 Å². The van der Waals surface area contributed by atoms with Crippen molar-refractivity contribution >= 4 is 11.9 Å². The van der Waals surface area contributed by atoms with Crippen LogP contribution < -0.4 is 14.8 Å². The Bertz CT molecular complexity index is 825. The molecule has 1 aliphatic carbocycles. The maximum atomic E-state index is 12.4. The topological polar surface area (TPSA) is 73.9 Å². The van der Waals surface area contributed by atoms with Gasteiger partial charge in [-0.05, 0) is 67.6 Å². The molecule has 1 N–H and O–H groups in total. The van der Waals surface area contributed by atoms with Crippen molar-refractivity contribution in [1.29, 1.82) is 0 Å². The molecule has 1 amide bonds. The summed E-state index contributed by atoms with van der Waals surface area (Å²) in [6.07, 6.45) is 4.91. The molecule has 148 valence electrons. The first-order chi connectivity index (χ1) is 13.6. The number of carbonyl (C=O) groups excluding carboxylic acids is 2. The molecule has 0 aliphatic heterocycles. The largest absolute Gasteiger partial charge is 0.496 e. The minimum Gasteiger partial charge on any atom is -0.496 e. The fourth-order valence-corrected chi connectivity index (χ4v) is 3.30. The lowest BCUT2D eigenvalue weighted by Crippen LogP contribution is -2.23. The summed E-state index contributed by atoms with van der Waals surface area (Å²) in [5.41, 5.74) is 1.65. The lowest BCUT2D eigenvalue weighted by molar-refractivity contribution is 0.0597. The van der Waals surface area contributed by atoms with Gasteiger partial charge in [-0.25, -0.2) is 4.79 Å². The van der Waals surface area contributed by atoms with E-state index in [-0.39, 0.29) is 12.5 Å². The zero-order valence-electron chi connectivity index (χ0n) is 16.2.